The second-order valence-electron chi connectivity index (χ2n) is 7.17. The molecule has 0 radical (unpaired) electrons. The molecule has 0 saturated heterocycles. The van der Waals surface area contributed by atoms with Crippen LogP contribution < -0.4 is 10.6 Å². The van der Waals surface area contributed by atoms with Crippen LogP contribution in [0.2, 0.25) is 0 Å². The van der Waals surface area contributed by atoms with Gasteiger partial charge in [0, 0.05) is 16.9 Å². The van der Waals surface area contributed by atoms with E-state index in [1.54, 1.807) is 45.0 Å². The fourth-order valence-electron chi connectivity index (χ4n) is 2.43. The van der Waals surface area contributed by atoms with Crippen molar-refractivity contribution >= 4 is 17.5 Å². The molecular formula is C20H22N6O2. The van der Waals surface area contributed by atoms with Gasteiger partial charge in [0.15, 0.2) is 5.82 Å². The van der Waals surface area contributed by atoms with Crippen molar-refractivity contribution in [3.05, 3.63) is 60.4 Å². The van der Waals surface area contributed by atoms with E-state index in [-0.39, 0.29) is 12.4 Å². The van der Waals surface area contributed by atoms with Gasteiger partial charge in [-0.05, 0) is 39.0 Å². The first-order valence-corrected chi connectivity index (χ1v) is 8.79. The molecule has 0 aliphatic rings. The zero-order chi connectivity index (χ0) is 20.1. The van der Waals surface area contributed by atoms with Crippen LogP contribution >= 0.6 is 0 Å². The monoisotopic (exact) mass is 378 g/mol. The van der Waals surface area contributed by atoms with Crippen molar-refractivity contribution in [1.29, 1.82) is 0 Å². The number of carbonyl (C=O) groups excluding carboxylic acids is 1. The summed E-state index contributed by atoms with van der Waals surface area (Å²) in [5.74, 6) is 0.699. The third-order valence-corrected chi connectivity index (χ3v) is 3.65. The Bertz CT molecular complexity index is 939. The maximum absolute atomic E-state index is 12.7. The fraction of sp³-hybridized carbons (Fsp3) is 0.250. The molecule has 0 unspecified atom stereocenters. The lowest BCUT2D eigenvalue weighted by Crippen LogP contribution is -2.37. The van der Waals surface area contributed by atoms with E-state index in [1.165, 1.54) is 4.90 Å². The number of ether oxygens (including phenoxy) is 1. The van der Waals surface area contributed by atoms with Crippen molar-refractivity contribution in [3.63, 3.8) is 0 Å². The average molecular weight is 378 g/mol. The molecule has 0 saturated carbocycles. The molecule has 0 aliphatic carbocycles. The highest BCUT2D eigenvalue weighted by Crippen LogP contribution is 2.22. The molecule has 28 heavy (non-hydrogen) atoms. The van der Waals surface area contributed by atoms with Crippen LogP contribution in [-0.2, 0) is 11.3 Å². The topological polar surface area (TPSA) is 107 Å². The summed E-state index contributed by atoms with van der Waals surface area (Å²) >= 11 is 0. The second kappa shape index (κ2) is 7.99. The number of amides is 1. The standard InChI is InChI=1S/C20H22N6O2/c1-20(2,3)28-19(27)26(16-11-7-10-15(21)12-16)13-17-22-24-18(25-23-17)14-8-5-4-6-9-14/h4-12H,13,21H2,1-3H3. The van der Waals surface area contributed by atoms with Gasteiger partial charge in [-0.1, -0.05) is 36.4 Å². The van der Waals surface area contributed by atoms with Crippen molar-refractivity contribution in [1.82, 2.24) is 20.4 Å². The highest BCUT2D eigenvalue weighted by Gasteiger charge is 2.25. The number of carbonyl (C=O) groups is 1. The number of nitrogen functional groups attached to an aromatic ring is 1. The van der Waals surface area contributed by atoms with Crippen LogP contribution in [0.15, 0.2) is 54.6 Å². The summed E-state index contributed by atoms with van der Waals surface area (Å²) in [6.45, 7) is 5.46. The molecule has 0 spiro atoms. The number of nitrogens with two attached hydrogens (primary N) is 1. The average Bonchev–Trinajstić information content (AvgIpc) is 2.66. The molecule has 1 heterocycles. The van der Waals surface area contributed by atoms with Gasteiger partial charge in [0.2, 0.25) is 5.82 Å². The van der Waals surface area contributed by atoms with E-state index in [1.807, 2.05) is 30.3 Å². The van der Waals surface area contributed by atoms with Gasteiger partial charge in [0.1, 0.15) is 5.60 Å². The Morgan fingerprint density at radius 2 is 1.68 bits per heavy atom. The van der Waals surface area contributed by atoms with Crippen molar-refractivity contribution < 1.29 is 9.53 Å². The van der Waals surface area contributed by atoms with E-state index in [0.717, 1.165) is 5.56 Å². The number of aromatic nitrogens is 4. The predicted molar refractivity (Wildman–Crippen MR) is 106 cm³/mol. The molecule has 3 aromatic rings. The number of nitrogens with zero attached hydrogens (tertiary/aromatic N) is 5. The molecule has 8 nitrogen and oxygen atoms in total. The predicted octanol–water partition coefficient (Wildman–Crippen LogP) is 3.46. The van der Waals surface area contributed by atoms with Crippen molar-refractivity contribution in [2.45, 2.75) is 32.9 Å². The lowest BCUT2D eigenvalue weighted by molar-refractivity contribution is 0.0576. The molecule has 3 rings (SSSR count). The summed E-state index contributed by atoms with van der Waals surface area (Å²) < 4.78 is 5.51. The van der Waals surface area contributed by atoms with Crippen LogP contribution in [0.3, 0.4) is 0 Å². The molecule has 0 bridgehead atoms. The molecular weight excluding hydrogens is 356 g/mol. The molecule has 144 valence electrons. The molecule has 1 aromatic heterocycles. The lowest BCUT2D eigenvalue weighted by Gasteiger charge is -2.27. The number of hydrogen-bond donors (Lipinski definition) is 1. The van der Waals surface area contributed by atoms with E-state index in [2.05, 4.69) is 20.4 Å². The quantitative estimate of drug-likeness (QED) is 0.693. The van der Waals surface area contributed by atoms with E-state index < -0.39 is 11.7 Å². The summed E-state index contributed by atoms with van der Waals surface area (Å²) in [5.41, 5.74) is 7.14. The minimum Gasteiger partial charge on any atom is -0.443 e. The maximum Gasteiger partial charge on any atom is 0.415 e. The van der Waals surface area contributed by atoms with Crippen LogP contribution in [0.1, 0.15) is 26.6 Å². The first-order valence-electron chi connectivity index (χ1n) is 8.79. The molecule has 2 N–H and O–H groups in total. The Hall–Kier alpha value is -3.55. The van der Waals surface area contributed by atoms with Crippen molar-refractivity contribution in [2.24, 2.45) is 0 Å². The molecule has 2 aromatic carbocycles. The van der Waals surface area contributed by atoms with Gasteiger partial charge in [-0.15, -0.1) is 20.4 Å². The second-order valence-corrected chi connectivity index (χ2v) is 7.17. The largest absolute Gasteiger partial charge is 0.443 e. The molecule has 0 atom stereocenters. The highest BCUT2D eigenvalue weighted by atomic mass is 16.6. The summed E-state index contributed by atoms with van der Waals surface area (Å²) in [7, 11) is 0. The Balaban J connectivity index is 1.85. The summed E-state index contributed by atoms with van der Waals surface area (Å²) in [6.07, 6.45) is -0.533. The molecule has 0 aliphatic heterocycles. The van der Waals surface area contributed by atoms with Crippen LogP contribution in [0.5, 0.6) is 0 Å². The first kappa shape index (κ1) is 19.2. The van der Waals surface area contributed by atoms with E-state index in [9.17, 15) is 4.79 Å². The third kappa shape index (κ3) is 5.00. The number of hydrogen-bond acceptors (Lipinski definition) is 7. The van der Waals surface area contributed by atoms with Crippen LogP contribution in [-0.4, -0.2) is 32.1 Å². The van der Waals surface area contributed by atoms with Gasteiger partial charge in [0.05, 0.1) is 6.54 Å². The fourth-order valence-corrected chi connectivity index (χ4v) is 2.43. The number of benzene rings is 2. The van der Waals surface area contributed by atoms with Gasteiger partial charge in [-0.3, -0.25) is 4.90 Å². The first-order chi connectivity index (χ1) is 13.3. The minimum atomic E-state index is -0.649. The van der Waals surface area contributed by atoms with Gasteiger partial charge in [-0.2, -0.15) is 0 Å². The van der Waals surface area contributed by atoms with Crippen LogP contribution in [0.25, 0.3) is 11.4 Å². The van der Waals surface area contributed by atoms with Gasteiger partial charge < -0.3 is 10.5 Å². The lowest BCUT2D eigenvalue weighted by atomic mass is 10.2. The normalized spacial score (nSPS) is 11.1. The Kier molecular flexibility index (Phi) is 5.49. The SMILES string of the molecule is CC(C)(C)OC(=O)N(Cc1nnc(-c2ccccc2)nn1)c1cccc(N)c1. The van der Waals surface area contributed by atoms with Crippen LogP contribution in [0.4, 0.5) is 16.2 Å². The molecule has 0 fully saturated rings. The summed E-state index contributed by atoms with van der Waals surface area (Å²) in [4.78, 5) is 14.1. The Morgan fingerprint density at radius 1 is 1.00 bits per heavy atom. The molecule has 1 amide bonds. The van der Waals surface area contributed by atoms with E-state index in [0.29, 0.717) is 17.2 Å². The van der Waals surface area contributed by atoms with Gasteiger partial charge in [0.25, 0.3) is 0 Å². The number of rotatable bonds is 4. The Morgan fingerprint density at radius 3 is 2.29 bits per heavy atom. The van der Waals surface area contributed by atoms with E-state index >= 15 is 0 Å². The van der Waals surface area contributed by atoms with Gasteiger partial charge >= 0.3 is 6.09 Å². The maximum atomic E-state index is 12.7. The van der Waals surface area contributed by atoms with Crippen LogP contribution in [0, 0.1) is 0 Å². The number of anilines is 2. The summed E-state index contributed by atoms with van der Waals surface area (Å²) in [6, 6.07) is 16.4. The highest BCUT2D eigenvalue weighted by molar-refractivity contribution is 5.88. The van der Waals surface area contributed by atoms with Crippen molar-refractivity contribution in [2.75, 3.05) is 10.6 Å². The molecule has 8 heteroatoms. The van der Waals surface area contributed by atoms with E-state index in [4.69, 9.17) is 10.5 Å². The summed E-state index contributed by atoms with van der Waals surface area (Å²) in [5, 5.41) is 16.5. The smallest absolute Gasteiger partial charge is 0.415 e. The zero-order valence-corrected chi connectivity index (χ0v) is 16.0. The Labute approximate surface area is 163 Å². The zero-order valence-electron chi connectivity index (χ0n) is 16.0. The minimum absolute atomic E-state index is 0.0490. The third-order valence-electron chi connectivity index (χ3n) is 3.65. The van der Waals surface area contributed by atoms with Gasteiger partial charge in [-0.25, -0.2) is 4.79 Å². The van der Waals surface area contributed by atoms with Crippen molar-refractivity contribution in [3.8, 4) is 11.4 Å².